The molecule has 0 spiro atoms. The second kappa shape index (κ2) is 10.3. The molecule has 8 heteroatoms. The van der Waals surface area contributed by atoms with E-state index in [1.54, 1.807) is 19.0 Å². The first-order valence-corrected chi connectivity index (χ1v) is 14.3. The average molecular weight is 551 g/mol. The summed E-state index contributed by atoms with van der Waals surface area (Å²) in [6.45, 7) is 7.00. The molecule has 4 aromatic rings. The zero-order chi connectivity index (χ0) is 28.9. The second-order valence-electron chi connectivity index (χ2n) is 12.1. The van der Waals surface area contributed by atoms with Crippen LogP contribution in [0.2, 0.25) is 0 Å². The smallest absolute Gasteiger partial charge is 0.319 e. The Balaban J connectivity index is 1.19. The van der Waals surface area contributed by atoms with Gasteiger partial charge in [-0.1, -0.05) is 18.2 Å². The molecule has 8 nitrogen and oxygen atoms in total. The van der Waals surface area contributed by atoms with Crippen molar-refractivity contribution in [3.63, 3.8) is 0 Å². The molecule has 2 N–H and O–H groups in total. The minimum Gasteiger partial charge on any atom is -0.345 e. The van der Waals surface area contributed by atoms with Gasteiger partial charge in [-0.25, -0.2) is 9.78 Å². The third-order valence-electron chi connectivity index (χ3n) is 8.72. The van der Waals surface area contributed by atoms with Crippen LogP contribution < -0.4 is 10.6 Å². The number of nitrogens with one attached hydrogen (secondary N) is 2. The fraction of sp³-hybridized carbons (Fsp3) is 0.364. The van der Waals surface area contributed by atoms with E-state index in [9.17, 15) is 9.59 Å². The number of piperidine rings is 1. The Bertz CT molecular complexity index is 1630. The van der Waals surface area contributed by atoms with Crippen molar-refractivity contribution >= 4 is 28.7 Å². The van der Waals surface area contributed by atoms with Crippen LogP contribution in [0.4, 0.5) is 10.5 Å². The van der Waals surface area contributed by atoms with Crippen LogP contribution in [0.1, 0.15) is 59.8 Å². The standard InChI is InChI=1S/C33H38N6O2/c1-33(2)28-18-24(10-11-29(28)35-32(41)36-33)26-12-15-34-30-27(26)19-25(38(30)5)20-39-16-13-22(14-17-39)21-6-8-23(9-7-21)31(40)37(3)4/h6-12,15,18-19,22H,13-14,16-17,20H2,1-5H3,(H2,35,36,41). The number of likely N-dealkylation sites (tertiary alicyclic amines) is 1. The first-order valence-electron chi connectivity index (χ1n) is 14.3. The van der Waals surface area contributed by atoms with E-state index in [1.165, 1.54) is 11.3 Å². The number of amides is 3. The van der Waals surface area contributed by atoms with Gasteiger partial charge in [0.2, 0.25) is 0 Å². The Morgan fingerprint density at radius 2 is 1.78 bits per heavy atom. The number of pyridine rings is 1. The quantitative estimate of drug-likeness (QED) is 0.334. The van der Waals surface area contributed by atoms with Gasteiger partial charge >= 0.3 is 6.03 Å². The molecule has 0 unspecified atom stereocenters. The van der Waals surface area contributed by atoms with Crippen LogP contribution in [-0.4, -0.2) is 58.5 Å². The Labute approximate surface area is 241 Å². The summed E-state index contributed by atoms with van der Waals surface area (Å²) < 4.78 is 2.22. The van der Waals surface area contributed by atoms with Crippen molar-refractivity contribution in [1.82, 2.24) is 24.7 Å². The van der Waals surface area contributed by atoms with Crippen LogP contribution in [0.15, 0.2) is 60.8 Å². The van der Waals surface area contributed by atoms with Crippen LogP contribution in [0, 0.1) is 0 Å². The van der Waals surface area contributed by atoms with Crippen molar-refractivity contribution in [2.24, 2.45) is 7.05 Å². The van der Waals surface area contributed by atoms with Gasteiger partial charge in [0.25, 0.3) is 5.91 Å². The summed E-state index contributed by atoms with van der Waals surface area (Å²) in [6, 6.07) is 18.6. The number of hydrogen-bond donors (Lipinski definition) is 2. The topological polar surface area (TPSA) is 82.5 Å². The second-order valence-corrected chi connectivity index (χ2v) is 12.1. The molecule has 41 heavy (non-hydrogen) atoms. The molecule has 1 saturated heterocycles. The van der Waals surface area contributed by atoms with E-state index in [4.69, 9.17) is 4.98 Å². The van der Waals surface area contributed by atoms with Gasteiger partial charge < -0.3 is 20.1 Å². The van der Waals surface area contributed by atoms with Gasteiger partial charge in [0.05, 0.1) is 5.54 Å². The van der Waals surface area contributed by atoms with E-state index >= 15 is 0 Å². The minimum atomic E-state index is -0.459. The highest BCUT2D eigenvalue weighted by molar-refractivity contribution is 5.97. The van der Waals surface area contributed by atoms with E-state index in [-0.39, 0.29) is 11.9 Å². The number of aryl methyl sites for hydroxylation is 1. The SMILES string of the molecule is CN(C)C(=O)c1ccc(C2CCN(Cc3cc4c(-c5ccc6c(c5)C(C)(C)NC(=O)N6)ccnc4n3C)CC2)cc1. The molecule has 0 radical (unpaired) electrons. The number of anilines is 1. The normalized spacial score (nSPS) is 17.1. The Hall–Kier alpha value is -4.17. The fourth-order valence-electron chi connectivity index (χ4n) is 6.33. The van der Waals surface area contributed by atoms with Crippen LogP contribution in [0.3, 0.4) is 0 Å². The highest BCUT2D eigenvalue weighted by Crippen LogP contribution is 2.37. The van der Waals surface area contributed by atoms with Crippen LogP contribution in [0.25, 0.3) is 22.2 Å². The molecule has 212 valence electrons. The van der Waals surface area contributed by atoms with Crippen molar-refractivity contribution in [3.05, 3.63) is 83.2 Å². The van der Waals surface area contributed by atoms with E-state index in [0.29, 0.717) is 5.92 Å². The number of carbonyl (C=O) groups is 2. The highest BCUT2D eigenvalue weighted by Gasteiger charge is 2.31. The molecule has 0 atom stereocenters. The van der Waals surface area contributed by atoms with E-state index < -0.39 is 5.54 Å². The fourth-order valence-corrected chi connectivity index (χ4v) is 6.33. The summed E-state index contributed by atoms with van der Waals surface area (Å²) in [7, 11) is 5.67. The maximum atomic E-state index is 12.2. The van der Waals surface area contributed by atoms with Crippen molar-refractivity contribution < 1.29 is 9.59 Å². The number of nitrogens with zero attached hydrogens (tertiary/aromatic N) is 4. The number of fused-ring (bicyclic) bond motifs is 2. The van der Waals surface area contributed by atoms with Crippen molar-refractivity contribution in [3.8, 4) is 11.1 Å². The van der Waals surface area contributed by atoms with E-state index in [2.05, 4.69) is 63.5 Å². The van der Waals surface area contributed by atoms with Crippen molar-refractivity contribution in [2.45, 2.75) is 44.7 Å². The third kappa shape index (κ3) is 5.08. The molecule has 2 aromatic heterocycles. The molecule has 0 bridgehead atoms. The summed E-state index contributed by atoms with van der Waals surface area (Å²) in [5.74, 6) is 0.558. The van der Waals surface area contributed by atoms with Crippen LogP contribution in [-0.2, 0) is 19.1 Å². The predicted molar refractivity (Wildman–Crippen MR) is 163 cm³/mol. The van der Waals surface area contributed by atoms with Gasteiger partial charge in [-0.15, -0.1) is 0 Å². The molecule has 0 aliphatic carbocycles. The Kier molecular flexibility index (Phi) is 6.82. The average Bonchev–Trinajstić information content (AvgIpc) is 3.27. The minimum absolute atomic E-state index is 0.0416. The molecule has 4 heterocycles. The molecule has 2 aromatic carbocycles. The molecule has 3 amide bonds. The van der Waals surface area contributed by atoms with Gasteiger partial charge in [0.15, 0.2) is 0 Å². The maximum Gasteiger partial charge on any atom is 0.319 e. The lowest BCUT2D eigenvalue weighted by molar-refractivity contribution is 0.0827. The molecule has 6 rings (SSSR count). The maximum absolute atomic E-state index is 12.2. The van der Waals surface area contributed by atoms with Gasteiger partial charge in [-0.2, -0.15) is 0 Å². The lowest BCUT2D eigenvalue weighted by Gasteiger charge is -2.34. The van der Waals surface area contributed by atoms with Crippen molar-refractivity contribution in [1.29, 1.82) is 0 Å². The number of aromatic nitrogens is 2. The number of benzene rings is 2. The first-order chi connectivity index (χ1) is 19.6. The van der Waals surface area contributed by atoms with Gasteiger partial charge in [0.1, 0.15) is 5.65 Å². The summed E-state index contributed by atoms with van der Waals surface area (Å²) >= 11 is 0. The molecule has 1 fully saturated rings. The number of carbonyl (C=O) groups excluding carboxylic acids is 2. The van der Waals surface area contributed by atoms with E-state index in [0.717, 1.165) is 71.5 Å². The lowest BCUT2D eigenvalue weighted by atomic mass is 9.88. The summed E-state index contributed by atoms with van der Waals surface area (Å²) in [6.07, 6.45) is 4.09. The third-order valence-corrected chi connectivity index (χ3v) is 8.72. The van der Waals surface area contributed by atoms with Gasteiger partial charge in [0, 0.05) is 61.8 Å². The summed E-state index contributed by atoms with van der Waals surface area (Å²) in [5.41, 5.74) is 7.99. The largest absolute Gasteiger partial charge is 0.345 e. The van der Waals surface area contributed by atoms with Gasteiger partial charge in [-0.05, 0) is 98.8 Å². The highest BCUT2D eigenvalue weighted by atomic mass is 16.2. The zero-order valence-electron chi connectivity index (χ0n) is 24.5. The van der Waals surface area contributed by atoms with Crippen molar-refractivity contribution in [2.75, 3.05) is 32.5 Å². The first kappa shape index (κ1) is 27.0. The molecular weight excluding hydrogens is 512 g/mol. The Morgan fingerprint density at radius 3 is 2.49 bits per heavy atom. The lowest BCUT2D eigenvalue weighted by Crippen LogP contribution is -2.47. The zero-order valence-corrected chi connectivity index (χ0v) is 24.5. The number of rotatable bonds is 5. The number of hydrogen-bond acceptors (Lipinski definition) is 4. The molecule has 2 aliphatic heterocycles. The van der Waals surface area contributed by atoms with E-state index in [1.807, 2.05) is 38.2 Å². The molecule has 2 aliphatic rings. The summed E-state index contributed by atoms with van der Waals surface area (Å²) in [4.78, 5) is 33.2. The Morgan fingerprint density at radius 1 is 1.05 bits per heavy atom. The monoisotopic (exact) mass is 550 g/mol. The van der Waals surface area contributed by atoms with Crippen LogP contribution >= 0.6 is 0 Å². The van der Waals surface area contributed by atoms with Crippen LogP contribution in [0.5, 0.6) is 0 Å². The molecular formula is C33H38N6O2. The van der Waals surface area contributed by atoms with Gasteiger partial charge in [-0.3, -0.25) is 9.69 Å². The predicted octanol–water partition coefficient (Wildman–Crippen LogP) is 5.69. The number of urea groups is 1. The molecule has 0 saturated carbocycles. The summed E-state index contributed by atoms with van der Waals surface area (Å²) in [5, 5.41) is 7.09.